The van der Waals surface area contributed by atoms with Crippen LogP contribution in [0.1, 0.15) is 46.5 Å². The van der Waals surface area contributed by atoms with Gasteiger partial charge < -0.3 is 10.0 Å². The molecule has 0 spiro atoms. The Morgan fingerprint density at radius 3 is 2.00 bits per heavy atom. The monoisotopic (exact) mass is 246 g/mol. The van der Waals surface area contributed by atoms with Crippen molar-refractivity contribution in [2.45, 2.75) is 52.0 Å². The third kappa shape index (κ3) is 9.83. The van der Waals surface area contributed by atoms with Gasteiger partial charge in [-0.3, -0.25) is 9.59 Å². The van der Waals surface area contributed by atoms with Gasteiger partial charge in [-0.25, -0.2) is 0 Å². The molecule has 0 saturated heterocycles. The number of carbonyl (C=O) groups excluding carboxylic acids is 2. The number of unbranched alkanes of at least 4 members (excludes halogenated alkanes) is 1. The fourth-order valence-corrected chi connectivity index (χ4v) is 1.55. The topological polar surface area (TPSA) is 58.2 Å². The highest BCUT2D eigenvalue weighted by atomic mass is 32.2. The lowest BCUT2D eigenvalue weighted by atomic mass is 10.1. The first-order valence-electron chi connectivity index (χ1n) is 5.48. The van der Waals surface area contributed by atoms with Crippen LogP contribution in [-0.2, 0) is 9.59 Å². The second kappa shape index (κ2) is 7.54. The van der Waals surface area contributed by atoms with Gasteiger partial charge in [0.15, 0.2) is 0 Å². The summed E-state index contributed by atoms with van der Waals surface area (Å²) < 4.78 is 2.65. The summed E-state index contributed by atoms with van der Waals surface area (Å²) in [5.41, 5.74) is -0.173. The Hall–Kier alpha value is -0.710. The Kier molecular flexibility index (Phi) is 7.21. The van der Waals surface area contributed by atoms with Crippen molar-refractivity contribution in [3.63, 3.8) is 0 Å². The summed E-state index contributed by atoms with van der Waals surface area (Å²) in [5, 5.41) is 2.89. The van der Waals surface area contributed by atoms with E-state index in [2.05, 4.69) is 10.0 Å². The number of hydrogen-bond donors (Lipinski definition) is 2. The van der Waals surface area contributed by atoms with Gasteiger partial charge in [0.25, 0.3) is 0 Å². The Morgan fingerprint density at radius 1 is 1.06 bits per heavy atom. The quantitative estimate of drug-likeness (QED) is 0.555. The van der Waals surface area contributed by atoms with Crippen molar-refractivity contribution in [3.8, 4) is 0 Å². The lowest BCUT2D eigenvalue weighted by Gasteiger charge is -2.20. The van der Waals surface area contributed by atoms with Crippen molar-refractivity contribution in [1.82, 2.24) is 10.0 Å². The third-order valence-corrected chi connectivity index (χ3v) is 2.22. The molecule has 0 aromatic rings. The van der Waals surface area contributed by atoms with E-state index in [1.54, 1.807) is 0 Å². The van der Waals surface area contributed by atoms with Crippen molar-refractivity contribution < 1.29 is 9.59 Å². The van der Waals surface area contributed by atoms with Gasteiger partial charge in [-0.2, -0.15) is 0 Å². The highest BCUT2D eigenvalue weighted by Gasteiger charge is 2.13. The Bertz CT molecular complexity index is 237. The van der Waals surface area contributed by atoms with E-state index in [-0.39, 0.29) is 17.4 Å². The summed E-state index contributed by atoms with van der Waals surface area (Å²) in [6.45, 7) is 5.87. The van der Waals surface area contributed by atoms with Gasteiger partial charge in [0.2, 0.25) is 11.8 Å². The molecule has 5 heteroatoms. The van der Waals surface area contributed by atoms with Crippen LogP contribution in [0.5, 0.6) is 0 Å². The van der Waals surface area contributed by atoms with E-state index in [9.17, 15) is 9.59 Å². The molecular weight excluding hydrogens is 224 g/mol. The molecule has 2 N–H and O–H groups in total. The van der Waals surface area contributed by atoms with Gasteiger partial charge in [0.05, 0.1) is 0 Å². The van der Waals surface area contributed by atoms with Crippen LogP contribution in [0.2, 0.25) is 0 Å². The van der Waals surface area contributed by atoms with Gasteiger partial charge in [0, 0.05) is 24.6 Å². The molecule has 0 heterocycles. The molecule has 0 bridgehead atoms. The lowest BCUT2D eigenvalue weighted by Crippen LogP contribution is -2.40. The largest absolute Gasteiger partial charge is 0.352 e. The Morgan fingerprint density at radius 2 is 1.56 bits per heavy atom. The molecule has 0 aliphatic rings. The van der Waals surface area contributed by atoms with E-state index in [4.69, 9.17) is 0 Å². The first-order chi connectivity index (χ1) is 7.35. The SMILES string of the molecule is CSNC(=O)CCCCC(=O)NC(C)(C)C. The summed E-state index contributed by atoms with van der Waals surface area (Å²) >= 11 is 1.30. The Balaban J connectivity index is 3.52. The van der Waals surface area contributed by atoms with Crippen LogP contribution >= 0.6 is 11.9 Å². The van der Waals surface area contributed by atoms with Crippen LogP contribution in [0.15, 0.2) is 0 Å². The van der Waals surface area contributed by atoms with Crippen LogP contribution in [0.4, 0.5) is 0 Å². The highest BCUT2D eigenvalue weighted by molar-refractivity contribution is 7.97. The van der Waals surface area contributed by atoms with Crippen molar-refractivity contribution in [2.75, 3.05) is 6.26 Å². The molecule has 0 aromatic carbocycles. The van der Waals surface area contributed by atoms with Crippen LogP contribution < -0.4 is 10.0 Å². The van der Waals surface area contributed by atoms with Gasteiger partial charge in [-0.15, -0.1) is 0 Å². The minimum absolute atomic E-state index is 0.0312. The molecule has 0 atom stereocenters. The predicted octanol–water partition coefficient (Wildman–Crippen LogP) is 1.86. The molecule has 94 valence electrons. The van der Waals surface area contributed by atoms with E-state index in [1.165, 1.54) is 11.9 Å². The summed E-state index contributed by atoms with van der Waals surface area (Å²) in [6, 6.07) is 0. The normalized spacial score (nSPS) is 11.0. The summed E-state index contributed by atoms with van der Waals surface area (Å²) in [6.07, 6.45) is 4.30. The smallest absolute Gasteiger partial charge is 0.229 e. The highest BCUT2D eigenvalue weighted by Crippen LogP contribution is 2.04. The average molecular weight is 246 g/mol. The zero-order valence-electron chi connectivity index (χ0n) is 10.6. The van der Waals surface area contributed by atoms with Crippen LogP contribution in [-0.4, -0.2) is 23.6 Å². The molecule has 0 radical (unpaired) electrons. The van der Waals surface area contributed by atoms with Gasteiger partial charge in [-0.1, -0.05) is 11.9 Å². The maximum Gasteiger partial charge on any atom is 0.229 e. The molecule has 0 rings (SSSR count). The Labute approximate surface area is 102 Å². The van der Waals surface area contributed by atoms with Crippen LogP contribution in [0.3, 0.4) is 0 Å². The van der Waals surface area contributed by atoms with Gasteiger partial charge in [-0.05, 0) is 33.6 Å². The van der Waals surface area contributed by atoms with Crippen molar-refractivity contribution in [2.24, 2.45) is 0 Å². The van der Waals surface area contributed by atoms with Gasteiger partial charge in [0.1, 0.15) is 0 Å². The molecule has 0 aliphatic heterocycles. The van der Waals surface area contributed by atoms with E-state index in [0.717, 1.165) is 12.8 Å². The first-order valence-corrected chi connectivity index (χ1v) is 6.70. The zero-order chi connectivity index (χ0) is 12.6. The van der Waals surface area contributed by atoms with Crippen LogP contribution in [0.25, 0.3) is 0 Å². The summed E-state index contributed by atoms with van der Waals surface area (Å²) in [4.78, 5) is 22.5. The van der Waals surface area contributed by atoms with Gasteiger partial charge >= 0.3 is 0 Å². The minimum atomic E-state index is -0.173. The fraction of sp³-hybridized carbons (Fsp3) is 0.818. The number of amides is 2. The molecule has 2 amide bonds. The third-order valence-electron chi connectivity index (χ3n) is 1.79. The van der Waals surface area contributed by atoms with E-state index in [0.29, 0.717) is 12.8 Å². The van der Waals surface area contributed by atoms with Crippen molar-refractivity contribution >= 4 is 23.8 Å². The number of rotatable bonds is 6. The second-order valence-electron chi connectivity index (χ2n) is 4.73. The zero-order valence-corrected chi connectivity index (χ0v) is 11.4. The summed E-state index contributed by atoms with van der Waals surface area (Å²) in [5.74, 6) is 0.0847. The number of carbonyl (C=O) groups is 2. The maximum absolute atomic E-state index is 11.4. The molecule has 0 saturated carbocycles. The molecule has 0 unspecified atom stereocenters. The number of nitrogens with one attached hydrogen (secondary N) is 2. The predicted molar refractivity (Wildman–Crippen MR) is 68.0 cm³/mol. The molecule has 4 nitrogen and oxygen atoms in total. The fourth-order valence-electron chi connectivity index (χ4n) is 1.22. The minimum Gasteiger partial charge on any atom is -0.352 e. The second-order valence-corrected chi connectivity index (χ2v) is 5.35. The molecule has 0 fully saturated rings. The summed E-state index contributed by atoms with van der Waals surface area (Å²) in [7, 11) is 0. The van der Waals surface area contributed by atoms with E-state index < -0.39 is 0 Å². The van der Waals surface area contributed by atoms with Crippen molar-refractivity contribution in [1.29, 1.82) is 0 Å². The molecule has 0 aliphatic carbocycles. The van der Waals surface area contributed by atoms with E-state index in [1.807, 2.05) is 27.0 Å². The average Bonchev–Trinajstić information content (AvgIpc) is 2.10. The van der Waals surface area contributed by atoms with Crippen LogP contribution in [0, 0.1) is 0 Å². The van der Waals surface area contributed by atoms with E-state index >= 15 is 0 Å². The first kappa shape index (κ1) is 15.3. The standard InChI is InChI=1S/C11H22N2O2S/c1-11(2,3)12-9(14)7-5-6-8-10(15)13-16-4/h5-8H2,1-4H3,(H,12,14)(H,13,15). The lowest BCUT2D eigenvalue weighted by molar-refractivity contribution is -0.123. The maximum atomic E-state index is 11.4. The molecule has 16 heavy (non-hydrogen) atoms. The number of hydrogen-bond acceptors (Lipinski definition) is 3. The molecular formula is C11H22N2O2S. The molecule has 0 aromatic heterocycles. The van der Waals surface area contributed by atoms with Crippen molar-refractivity contribution in [3.05, 3.63) is 0 Å².